The van der Waals surface area contributed by atoms with Gasteiger partial charge in [-0.2, -0.15) is 0 Å². The lowest BCUT2D eigenvalue weighted by Crippen LogP contribution is -2.55. The Kier molecular flexibility index (Phi) is 21.3. The second kappa shape index (κ2) is 33.5. The van der Waals surface area contributed by atoms with Gasteiger partial charge in [-0.3, -0.25) is 0 Å². The molecule has 8 bridgehead atoms. The molecule has 4 nitrogen and oxygen atoms in total. The minimum atomic E-state index is 0.252. The fourth-order valence-corrected chi connectivity index (χ4v) is 25.8. The Morgan fingerprint density at radius 1 is 0.260 bits per heavy atom. The summed E-state index contributed by atoms with van der Waals surface area (Å²) in [5.74, 6) is 3.26. The van der Waals surface area contributed by atoms with Crippen LogP contribution >= 0.6 is 0 Å². The maximum Gasteiger partial charge on any atom is 0.0464 e. The van der Waals surface area contributed by atoms with E-state index in [1.807, 2.05) is 12.2 Å². The topological polar surface area (TPSA) is 13.0 Å². The van der Waals surface area contributed by atoms with Crippen LogP contribution in [0, 0.1) is 30.6 Å². The molecule has 0 N–H and O–H groups in total. The first-order valence-corrected chi connectivity index (χ1v) is 48.2. The van der Waals surface area contributed by atoms with Gasteiger partial charge in [0.25, 0.3) is 0 Å². The molecule has 0 aliphatic heterocycles. The molecular formula is C123H120N4. The average Bonchev–Trinajstić information content (AvgIpc) is 0.703. The van der Waals surface area contributed by atoms with Crippen LogP contribution in [0.15, 0.2) is 335 Å². The predicted octanol–water partition coefficient (Wildman–Crippen LogP) is 32.7. The highest BCUT2D eigenvalue weighted by Crippen LogP contribution is 2.68. The van der Waals surface area contributed by atoms with E-state index in [4.69, 9.17) is 0 Å². The van der Waals surface area contributed by atoms with E-state index in [1.165, 1.54) is 293 Å². The molecule has 8 fully saturated rings. The fraction of sp³-hybridized carbons (Fsp3) is 0.285. The molecule has 11 aliphatic rings. The van der Waals surface area contributed by atoms with Crippen molar-refractivity contribution >= 4 is 80.4 Å². The van der Waals surface area contributed by atoms with Crippen molar-refractivity contribution in [2.45, 2.75) is 197 Å². The minimum Gasteiger partial charge on any atom is -0.311 e. The van der Waals surface area contributed by atoms with Crippen molar-refractivity contribution in [2.75, 3.05) is 19.6 Å². The van der Waals surface area contributed by atoms with Crippen molar-refractivity contribution in [2.24, 2.45) is 23.7 Å². The normalized spacial score (nSPS) is 21.9. The molecule has 0 spiro atoms. The van der Waals surface area contributed by atoms with Crippen molar-refractivity contribution in [3.8, 4) is 22.3 Å². The summed E-state index contributed by atoms with van der Waals surface area (Å²) in [5, 5.41) is 0. The number of anilines is 12. The van der Waals surface area contributed by atoms with Gasteiger partial charge in [0.15, 0.2) is 0 Å². The van der Waals surface area contributed by atoms with Crippen LogP contribution in [-0.2, 0) is 73.0 Å². The molecule has 0 heterocycles. The van der Waals surface area contributed by atoms with E-state index in [2.05, 4.69) is 375 Å². The van der Waals surface area contributed by atoms with E-state index >= 15 is 0 Å². The van der Waals surface area contributed by atoms with E-state index < -0.39 is 0 Å². The summed E-state index contributed by atoms with van der Waals surface area (Å²) in [6.45, 7) is 14.7. The molecule has 0 aromatic heterocycles. The number of benzene rings is 14. The van der Waals surface area contributed by atoms with Gasteiger partial charge in [-0.1, -0.05) is 233 Å². The van der Waals surface area contributed by atoms with Crippen LogP contribution < -0.4 is 19.6 Å². The lowest BCUT2D eigenvalue weighted by atomic mass is 9.41. The number of hydrogen-bond donors (Lipinski definition) is 0. The molecule has 127 heavy (non-hydrogen) atoms. The first-order valence-electron chi connectivity index (χ1n) is 48.2. The molecule has 0 saturated heterocycles. The van der Waals surface area contributed by atoms with Gasteiger partial charge in [-0.25, -0.2) is 0 Å². The van der Waals surface area contributed by atoms with Gasteiger partial charge in [0.05, 0.1) is 0 Å². The van der Waals surface area contributed by atoms with Crippen molar-refractivity contribution < 1.29 is 0 Å². The Morgan fingerprint density at radius 3 is 0.724 bits per heavy atom. The third-order valence-corrected chi connectivity index (χ3v) is 31.9. The first-order chi connectivity index (χ1) is 62.3. The smallest absolute Gasteiger partial charge is 0.0464 e. The molecule has 11 aliphatic carbocycles. The lowest BCUT2D eigenvalue weighted by molar-refractivity contribution is -0.0282. The fourth-order valence-electron chi connectivity index (χ4n) is 25.8. The van der Waals surface area contributed by atoms with Gasteiger partial charge in [-0.05, 0) is 439 Å². The zero-order valence-corrected chi connectivity index (χ0v) is 74.7. The molecule has 14 aromatic rings. The number of fused-ring (bicyclic) bond motifs is 3. The number of rotatable bonds is 26. The zero-order chi connectivity index (χ0) is 85.4. The Hall–Kier alpha value is -12.2. The summed E-state index contributed by atoms with van der Waals surface area (Å²) in [6.07, 6.45) is 34.3. The Labute approximate surface area is 755 Å². The van der Waals surface area contributed by atoms with Crippen LogP contribution in [0.25, 0.3) is 34.4 Å². The van der Waals surface area contributed by atoms with Gasteiger partial charge in [0, 0.05) is 68.2 Å². The molecule has 8 saturated carbocycles. The largest absolute Gasteiger partial charge is 0.311 e. The molecular weight excluding hydrogens is 1530 g/mol. The van der Waals surface area contributed by atoms with E-state index in [0.717, 1.165) is 36.5 Å². The molecule has 4 atom stereocenters. The van der Waals surface area contributed by atoms with Gasteiger partial charge in [0.1, 0.15) is 0 Å². The van der Waals surface area contributed by atoms with Gasteiger partial charge >= 0.3 is 0 Å². The van der Waals surface area contributed by atoms with Crippen LogP contribution in [0.4, 0.5) is 68.2 Å². The van der Waals surface area contributed by atoms with Gasteiger partial charge in [0.2, 0.25) is 0 Å². The molecule has 0 radical (unpaired) electrons. The molecule has 14 aromatic carbocycles. The van der Waals surface area contributed by atoms with Crippen molar-refractivity contribution in [3.05, 3.63) is 418 Å². The summed E-state index contributed by atoms with van der Waals surface area (Å²) < 4.78 is 0. The van der Waals surface area contributed by atoms with E-state index in [-0.39, 0.29) is 10.8 Å². The summed E-state index contributed by atoms with van der Waals surface area (Å²) in [7, 11) is 0. The van der Waals surface area contributed by atoms with Crippen LogP contribution in [0.5, 0.6) is 0 Å². The highest BCUT2D eigenvalue weighted by atomic mass is 15.2. The Bertz CT molecular complexity index is 6250. The van der Waals surface area contributed by atoms with Crippen molar-refractivity contribution in [1.29, 1.82) is 0 Å². The number of unbranched alkanes of at least 4 members (excludes halogenated alkanes) is 2. The van der Waals surface area contributed by atoms with E-state index in [1.54, 1.807) is 22.3 Å². The van der Waals surface area contributed by atoms with Gasteiger partial charge in [-0.15, -0.1) is 0 Å². The van der Waals surface area contributed by atoms with Crippen LogP contribution in [0.3, 0.4) is 0 Å². The maximum absolute atomic E-state index is 4.02. The molecule has 4 unspecified atom stereocenters. The summed E-state index contributed by atoms with van der Waals surface area (Å²) in [4.78, 5) is 9.76. The van der Waals surface area contributed by atoms with E-state index in [0.29, 0.717) is 10.8 Å². The number of hydrogen-bond acceptors (Lipinski definition) is 4. The second-order valence-corrected chi connectivity index (χ2v) is 40.1. The van der Waals surface area contributed by atoms with Crippen LogP contribution in [0.2, 0.25) is 0 Å². The van der Waals surface area contributed by atoms with Gasteiger partial charge < -0.3 is 19.6 Å². The molecule has 25 rings (SSSR count). The Morgan fingerprint density at radius 2 is 0.480 bits per heavy atom. The summed E-state index contributed by atoms with van der Waals surface area (Å²) >= 11 is 0. The Balaban J connectivity index is 0.000000150. The quantitative estimate of drug-likeness (QED) is 0.0536. The molecule has 0 amide bonds. The number of aryl methyl sites for hydroxylation is 9. The lowest BCUT2D eigenvalue weighted by Gasteiger charge is -2.63. The summed E-state index contributed by atoms with van der Waals surface area (Å²) in [5.41, 5.74) is 42.1. The van der Waals surface area contributed by atoms with Crippen LogP contribution in [0.1, 0.15) is 200 Å². The monoisotopic (exact) mass is 1650 g/mol. The highest BCUT2D eigenvalue weighted by molar-refractivity contribution is 5.85. The van der Waals surface area contributed by atoms with Crippen molar-refractivity contribution in [3.63, 3.8) is 0 Å². The highest BCUT2D eigenvalue weighted by Gasteiger charge is 2.60. The summed E-state index contributed by atoms with van der Waals surface area (Å²) in [6, 6.07) is 124. The SMILES string of the molecule is C=Cc1ccc(C23CC4CC(C2)CC(c2ccc(N(c5ccc(CCCC)cc5)c5ccc(-c6ccc(N(c7ccc(C)cc7)c7ccc8c(c7)CC8)cc6)cc5)cc2)(C4)C3)cc1.C=Cc1ccc(C23CC4CC(C2)CC(c2ccc(N(c5ccc(CCCC)cc5)c5ccc(-c6ccc(N(c7ccc8c(c7)CC8)c7ccc8c(c7)CC8)cc6)cc5)cc2)(C4)C3)cc1. The second-order valence-electron chi connectivity index (χ2n) is 40.1. The standard InChI is InChI=1S/C62H60N2.C61H60N2/c1-3-5-6-44-9-25-55(26-10-44)63(58-33-23-54(24-34-58)62-40-45-35-46(41-62)39-61(38-45,42-62)53-21-7-43(4-2)8-22-53)56-27-15-47(16-28-56)48-17-29-57(30-18-48)64(59-31-19-49-11-13-51(49)36-59)60-32-20-50-12-14-52(50)37-60;1-4-6-7-45-12-27-55(28-13-45)62(58-34-23-53(24-35-58)61-40-46-36-47(41-61)39-60(38-46,42-61)52-21-10-44(5-2)11-22-52)56-29-16-48(17-30-56)49-18-31-57(32-19-49)63(54-25-8-43(3)9-26-54)59-33-20-50-14-15-51(50)37-59/h4,7-10,15-34,36-37,45-46H,2-3,5-6,11-14,35,38-42H2,1H3;5,8-13,16-35,37,46-47H,2,4,6-7,14-15,36,38-42H2,1,3H3. The molecule has 632 valence electrons. The first kappa shape index (κ1) is 80.6. The predicted molar refractivity (Wildman–Crippen MR) is 536 cm³/mol. The molecule has 4 heteroatoms. The third-order valence-electron chi connectivity index (χ3n) is 31.9. The zero-order valence-electron chi connectivity index (χ0n) is 74.7. The number of nitrogens with zero attached hydrogens (tertiary/aromatic N) is 4. The van der Waals surface area contributed by atoms with Crippen molar-refractivity contribution in [1.82, 2.24) is 0 Å². The third kappa shape index (κ3) is 15.4. The minimum absolute atomic E-state index is 0.252. The average molecular weight is 1650 g/mol. The van der Waals surface area contributed by atoms with Crippen LogP contribution in [-0.4, -0.2) is 0 Å². The maximum atomic E-state index is 4.02. The van der Waals surface area contributed by atoms with E-state index in [9.17, 15) is 0 Å².